The van der Waals surface area contributed by atoms with Crippen LogP contribution < -0.4 is 5.32 Å². The number of hydrogen-bond acceptors (Lipinski definition) is 1. The van der Waals surface area contributed by atoms with Gasteiger partial charge in [0.05, 0.1) is 6.54 Å². The van der Waals surface area contributed by atoms with Crippen LogP contribution in [-0.4, -0.2) is 0 Å². The minimum Gasteiger partial charge on any atom is -0.381 e. The van der Waals surface area contributed by atoms with Crippen LogP contribution in [0.4, 0.5) is 0 Å². The summed E-state index contributed by atoms with van der Waals surface area (Å²) in [5.74, 6) is 4.28. The highest BCUT2D eigenvalue weighted by Gasteiger charge is 2.41. The van der Waals surface area contributed by atoms with E-state index in [1.807, 2.05) is 5.57 Å². The number of allylic oxidation sites excluding steroid dienone is 1. The predicted octanol–water partition coefficient (Wildman–Crippen LogP) is 6.49. The molecule has 3 fully saturated rings. The van der Waals surface area contributed by atoms with Crippen LogP contribution in [0, 0.1) is 36.1 Å². The smallest absolute Gasteiger partial charge is 0.0919 e. The molecule has 0 saturated heterocycles. The molecule has 24 heavy (non-hydrogen) atoms. The van der Waals surface area contributed by atoms with Crippen LogP contribution in [-0.2, 0) is 0 Å². The van der Waals surface area contributed by atoms with Crippen molar-refractivity contribution in [2.75, 3.05) is 0 Å². The van der Waals surface area contributed by atoms with Gasteiger partial charge in [-0.15, -0.1) is 0 Å². The van der Waals surface area contributed by atoms with Crippen LogP contribution in [0.2, 0.25) is 0 Å². The molecule has 2 atom stereocenters. The van der Waals surface area contributed by atoms with Crippen molar-refractivity contribution >= 4 is 0 Å². The van der Waals surface area contributed by atoms with E-state index in [1.54, 1.807) is 0 Å². The van der Waals surface area contributed by atoms with E-state index in [9.17, 15) is 0 Å². The van der Waals surface area contributed by atoms with Crippen molar-refractivity contribution in [1.82, 2.24) is 5.32 Å². The monoisotopic (exact) mass is 327 g/mol. The molecule has 134 valence electrons. The second-order valence-corrected chi connectivity index (χ2v) is 9.12. The van der Waals surface area contributed by atoms with E-state index in [2.05, 4.69) is 18.1 Å². The largest absolute Gasteiger partial charge is 0.381 e. The molecule has 1 heteroatoms. The van der Waals surface area contributed by atoms with E-state index in [1.165, 1.54) is 96.3 Å². The molecule has 1 aliphatic heterocycles. The van der Waals surface area contributed by atoms with Gasteiger partial charge in [-0.2, -0.15) is 0 Å². The molecule has 4 rings (SSSR count). The van der Waals surface area contributed by atoms with Crippen LogP contribution in [0.1, 0.15) is 96.3 Å². The average Bonchev–Trinajstić information content (AvgIpc) is 2.69. The van der Waals surface area contributed by atoms with Gasteiger partial charge in [0.15, 0.2) is 0 Å². The fraction of sp³-hybridized carbons (Fsp3) is 0.870. The van der Waals surface area contributed by atoms with Crippen molar-refractivity contribution in [2.45, 2.75) is 96.3 Å². The van der Waals surface area contributed by atoms with Crippen LogP contribution in [0.3, 0.4) is 0 Å². The summed E-state index contributed by atoms with van der Waals surface area (Å²) in [4.78, 5) is 0. The molecule has 0 aromatic heterocycles. The first-order valence-corrected chi connectivity index (χ1v) is 11.1. The Labute approximate surface area is 150 Å². The number of hydrogen-bond donors (Lipinski definition) is 1. The van der Waals surface area contributed by atoms with Crippen molar-refractivity contribution in [3.63, 3.8) is 0 Å². The van der Waals surface area contributed by atoms with Crippen LogP contribution in [0.5, 0.6) is 0 Å². The molecule has 2 radical (unpaired) electrons. The Hall–Kier alpha value is -0.460. The average molecular weight is 328 g/mol. The van der Waals surface area contributed by atoms with Crippen molar-refractivity contribution < 1.29 is 0 Å². The van der Waals surface area contributed by atoms with Crippen molar-refractivity contribution in [2.24, 2.45) is 29.6 Å². The Morgan fingerprint density at radius 1 is 0.667 bits per heavy atom. The van der Waals surface area contributed by atoms with Gasteiger partial charge in [0, 0.05) is 0 Å². The summed E-state index contributed by atoms with van der Waals surface area (Å²) >= 11 is 0. The lowest BCUT2D eigenvalue weighted by atomic mass is 9.61. The Morgan fingerprint density at radius 3 is 1.83 bits per heavy atom. The molecule has 0 spiro atoms. The molecule has 4 aliphatic rings. The Morgan fingerprint density at radius 2 is 1.21 bits per heavy atom. The van der Waals surface area contributed by atoms with Crippen LogP contribution in [0.25, 0.3) is 0 Å². The first-order chi connectivity index (χ1) is 11.9. The molecule has 1 nitrogen and oxygen atoms in total. The maximum atomic E-state index is 3.78. The quantitative estimate of drug-likeness (QED) is 0.625. The molecular weight excluding hydrogens is 290 g/mol. The molecule has 0 amide bonds. The molecule has 3 saturated carbocycles. The zero-order chi connectivity index (χ0) is 16.2. The molecule has 3 aliphatic carbocycles. The number of rotatable bonds is 3. The van der Waals surface area contributed by atoms with E-state index in [4.69, 9.17) is 0 Å². The summed E-state index contributed by atoms with van der Waals surface area (Å²) in [6, 6.07) is 0. The summed E-state index contributed by atoms with van der Waals surface area (Å²) in [5.41, 5.74) is 1.83. The van der Waals surface area contributed by atoms with Gasteiger partial charge in [-0.1, -0.05) is 70.6 Å². The molecule has 0 aromatic rings. The summed E-state index contributed by atoms with van der Waals surface area (Å²) < 4.78 is 0. The zero-order valence-corrected chi connectivity index (χ0v) is 15.6. The summed E-state index contributed by atoms with van der Waals surface area (Å²) in [6.07, 6.45) is 24.4. The highest BCUT2D eigenvalue weighted by Crippen LogP contribution is 2.49. The van der Waals surface area contributed by atoms with Gasteiger partial charge in [-0.25, -0.2) is 0 Å². The molecule has 0 aromatic carbocycles. The fourth-order valence-electron chi connectivity index (χ4n) is 6.40. The molecule has 2 unspecified atom stereocenters. The Bertz CT molecular complexity index is 408. The Balaban J connectivity index is 1.56. The third kappa shape index (κ3) is 3.70. The summed E-state index contributed by atoms with van der Waals surface area (Å²) in [6.45, 7) is 3.78. The highest BCUT2D eigenvalue weighted by atomic mass is 14.9. The topological polar surface area (TPSA) is 12.0 Å². The summed E-state index contributed by atoms with van der Waals surface area (Å²) in [5, 5.41) is 3.54. The van der Waals surface area contributed by atoms with Gasteiger partial charge in [-0.3, -0.25) is 0 Å². The summed E-state index contributed by atoms with van der Waals surface area (Å²) in [7, 11) is 0. The van der Waals surface area contributed by atoms with Crippen molar-refractivity contribution in [3.05, 3.63) is 18.3 Å². The second-order valence-electron chi connectivity index (χ2n) is 9.12. The van der Waals surface area contributed by atoms with Gasteiger partial charge in [-0.05, 0) is 67.0 Å². The lowest BCUT2D eigenvalue weighted by Crippen LogP contribution is -2.41. The van der Waals surface area contributed by atoms with E-state index < -0.39 is 0 Å². The predicted molar refractivity (Wildman–Crippen MR) is 101 cm³/mol. The van der Waals surface area contributed by atoms with Crippen molar-refractivity contribution in [3.8, 4) is 0 Å². The van der Waals surface area contributed by atoms with Gasteiger partial charge >= 0.3 is 0 Å². The van der Waals surface area contributed by atoms with Gasteiger partial charge in [0.2, 0.25) is 0 Å². The first kappa shape index (κ1) is 17.0. The molecule has 0 bridgehead atoms. The van der Waals surface area contributed by atoms with E-state index in [0.717, 1.165) is 23.7 Å². The SMILES string of the molecule is [C]1NC=C(C2CCCCC2)C(C2CCCCC2)C1C1CCCCC1. The van der Waals surface area contributed by atoms with E-state index in [0.29, 0.717) is 5.92 Å². The van der Waals surface area contributed by atoms with Gasteiger partial charge < -0.3 is 5.32 Å². The van der Waals surface area contributed by atoms with E-state index in [-0.39, 0.29) is 0 Å². The standard InChI is InChI=1S/C23H37N/c1-4-10-18(11-5-1)21-16-24-17-22(19-12-6-2-7-13-19)23(21)20-14-8-3-9-15-20/h16,18-20,22-24H,1-15H2. The normalized spacial score (nSPS) is 34.6. The lowest BCUT2D eigenvalue weighted by Gasteiger charge is -2.46. The van der Waals surface area contributed by atoms with Crippen LogP contribution in [0.15, 0.2) is 11.8 Å². The zero-order valence-electron chi connectivity index (χ0n) is 15.6. The minimum absolute atomic E-state index is 0.704. The van der Waals surface area contributed by atoms with Gasteiger partial charge in [0.25, 0.3) is 0 Å². The third-order valence-corrected chi connectivity index (χ3v) is 7.65. The first-order valence-electron chi connectivity index (χ1n) is 11.1. The molecular formula is C23H37N. The molecule has 1 heterocycles. The number of nitrogens with one attached hydrogen (secondary N) is 1. The van der Waals surface area contributed by atoms with Crippen molar-refractivity contribution in [1.29, 1.82) is 0 Å². The maximum Gasteiger partial charge on any atom is 0.0919 e. The maximum absolute atomic E-state index is 3.78. The van der Waals surface area contributed by atoms with Gasteiger partial charge in [0.1, 0.15) is 0 Å². The highest BCUT2D eigenvalue weighted by molar-refractivity contribution is 5.20. The lowest BCUT2D eigenvalue weighted by molar-refractivity contribution is 0.129. The minimum atomic E-state index is 0.704. The molecule has 1 N–H and O–H groups in total. The second kappa shape index (κ2) is 8.28. The van der Waals surface area contributed by atoms with Crippen LogP contribution >= 0.6 is 0 Å². The Kier molecular flexibility index (Phi) is 5.86. The van der Waals surface area contributed by atoms with E-state index >= 15 is 0 Å². The fourth-order valence-corrected chi connectivity index (χ4v) is 6.40. The third-order valence-electron chi connectivity index (χ3n) is 7.65.